The molecule has 1 saturated heterocycles. The molecule has 1 aliphatic heterocycles. The zero-order chi connectivity index (χ0) is 12.5. The van der Waals surface area contributed by atoms with Gasteiger partial charge in [0.1, 0.15) is 0 Å². The fraction of sp³-hybridized carbons (Fsp3) is 0.833. The Labute approximate surface area is 102 Å². The maximum absolute atomic E-state index is 5.92. The van der Waals surface area contributed by atoms with Crippen LogP contribution < -0.4 is 5.73 Å². The molecule has 2 rings (SSSR count). The van der Waals surface area contributed by atoms with Crippen LogP contribution in [0.3, 0.4) is 0 Å². The Bertz CT molecular complexity index is 369. The lowest BCUT2D eigenvalue weighted by atomic mass is 10.1. The van der Waals surface area contributed by atoms with E-state index in [4.69, 9.17) is 10.3 Å². The maximum Gasteiger partial charge on any atom is 0.240 e. The molecule has 0 spiro atoms. The van der Waals surface area contributed by atoms with E-state index in [2.05, 4.69) is 22.0 Å². The van der Waals surface area contributed by atoms with E-state index >= 15 is 0 Å². The van der Waals surface area contributed by atoms with Crippen LogP contribution in [0.1, 0.15) is 45.3 Å². The Kier molecular flexibility index (Phi) is 3.49. The number of nitrogens with two attached hydrogens (primary N) is 1. The molecule has 1 unspecified atom stereocenters. The highest BCUT2D eigenvalue weighted by molar-refractivity contribution is 4.99. The normalized spacial score (nSPS) is 22.2. The molecule has 0 saturated carbocycles. The second kappa shape index (κ2) is 4.74. The molecule has 0 aliphatic carbocycles. The van der Waals surface area contributed by atoms with Crippen molar-refractivity contribution < 1.29 is 4.52 Å². The van der Waals surface area contributed by atoms with E-state index in [0.717, 1.165) is 25.6 Å². The molecule has 1 aromatic rings. The lowest BCUT2D eigenvalue weighted by Gasteiger charge is -2.13. The first kappa shape index (κ1) is 12.5. The van der Waals surface area contributed by atoms with Gasteiger partial charge in [0, 0.05) is 6.54 Å². The summed E-state index contributed by atoms with van der Waals surface area (Å²) in [6, 6.07) is 0. The largest absolute Gasteiger partial charge is 0.338 e. The summed E-state index contributed by atoms with van der Waals surface area (Å²) in [5, 5.41) is 3.93. The van der Waals surface area contributed by atoms with Crippen molar-refractivity contribution >= 4 is 0 Å². The van der Waals surface area contributed by atoms with Gasteiger partial charge in [0.25, 0.3) is 0 Å². The van der Waals surface area contributed by atoms with Gasteiger partial charge in [0.05, 0.1) is 12.1 Å². The monoisotopic (exact) mass is 238 g/mol. The van der Waals surface area contributed by atoms with Gasteiger partial charge in [-0.15, -0.1) is 0 Å². The van der Waals surface area contributed by atoms with Crippen LogP contribution in [-0.2, 0) is 12.1 Å². The van der Waals surface area contributed by atoms with E-state index in [0.29, 0.717) is 11.7 Å². The summed E-state index contributed by atoms with van der Waals surface area (Å²) in [6.07, 6.45) is 2.53. The third kappa shape index (κ3) is 3.04. The predicted octanol–water partition coefficient (Wildman–Crippen LogP) is 1.50. The predicted molar refractivity (Wildman–Crippen MR) is 65.2 cm³/mol. The highest BCUT2D eigenvalue weighted by atomic mass is 16.5. The summed E-state index contributed by atoms with van der Waals surface area (Å²) in [4.78, 5) is 6.72. The van der Waals surface area contributed by atoms with E-state index in [1.54, 1.807) is 0 Å². The Hall–Kier alpha value is -0.940. The Morgan fingerprint density at radius 2 is 2.29 bits per heavy atom. The molecule has 5 heteroatoms. The SMILES string of the molecule is CCC1CCN(Cc2nc(C(C)(C)N)no2)C1. The van der Waals surface area contributed by atoms with Crippen molar-refractivity contribution in [2.24, 2.45) is 11.7 Å². The van der Waals surface area contributed by atoms with Crippen LogP contribution in [0.25, 0.3) is 0 Å². The van der Waals surface area contributed by atoms with Crippen molar-refractivity contribution in [1.29, 1.82) is 0 Å². The van der Waals surface area contributed by atoms with Crippen molar-refractivity contribution in [3.8, 4) is 0 Å². The van der Waals surface area contributed by atoms with Crippen LogP contribution >= 0.6 is 0 Å². The Balaban J connectivity index is 1.94. The van der Waals surface area contributed by atoms with Gasteiger partial charge >= 0.3 is 0 Å². The lowest BCUT2D eigenvalue weighted by molar-refractivity contribution is 0.258. The van der Waals surface area contributed by atoms with Gasteiger partial charge in [-0.25, -0.2) is 0 Å². The minimum absolute atomic E-state index is 0.529. The van der Waals surface area contributed by atoms with Gasteiger partial charge < -0.3 is 10.3 Å². The average molecular weight is 238 g/mol. The lowest BCUT2D eigenvalue weighted by Crippen LogP contribution is -2.30. The Morgan fingerprint density at radius 1 is 1.53 bits per heavy atom. The summed E-state index contributed by atoms with van der Waals surface area (Å²) in [6.45, 7) is 9.02. The molecule has 1 aromatic heterocycles. The molecule has 5 nitrogen and oxygen atoms in total. The van der Waals surface area contributed by atoms with Crippen molar-refractivity contribution in [3.05, 3.63) is 11.7 Å². The molecule has 17 heavy (non-hydrogen) atoms. The summed E-state index contributed by atoms with van der Waals surface area (Å²) in [7, 11) is 0. The van der Waals surface area contributed by atoms with Crippen molar-refractivity contribution in [3.63, 3.8) is 0 Å². The molecular formula is C12H22N4O. The van der Waals surface area contributed by atoms with Crippen LogP contribution in [0, 0.1) is 5.92 Å². The first-order valence-corrected chi connectivity index (χ1v) is 6.33. The number of aromatic nitrogens is 2. The minimum atomic E-state index is -0.529. The zero-order valence-electron chi connectivity index (χ0n) is 10.9. The number of hydrogen-bond donors (Lipinski definition) is 1. The fourth-order valence-electron chi connectivity index (χ4n) is 2.16. The molecule has 0 amide bonds. The topological polar surface area (TPSA) is 68.2 Å². The van der Waals surface area contributed by atoms with Crippen LogP contribution in [0.2, 0.25) is 0 Å². The van der Waals surface area contributed by atoms with Crippen LogP contribution in [0.4, 0.5) is 0 Å². The van der Waals surface area contributed by atoms with Gasteiger partial charge in [-0.05, 0) is 32.7 Å². The van der Waals surface area contributed by atoms with E-state index in [9.17, 15) is 0 Å². The fourth-order valence-corrected chi connectivity index (χ4v) is 2.16. The second-order valence-corrected chi connectivity index (χ2v) is 5.53. The zero-order valence-corrected chi connectivity index (χ0v) is 10.9. The molecule has 1 atom stereocenters. The first-order chi connectivity index (χ1) is 7.99. The smallest absolute Gasteiger partial charge is 0.240 e. The highest BCUT2D eigenvalue weighted by Gasteiger charge is 2.25. The first-order valence-electron chi connectivity index (χ1n) is 6.33. The van der Waals surface area contributed by atoms with Gasteiger partial charge in [-0.1, -0.05) is 18.5 Å². The van der Waals surface area contributed by atoms with Gasteiger partial charge in [0.15, 0.2) is 5.82 Å². The van der Waals surface area contributed by atoms with Crippen LogP contribution in [0.15, 0.2) is 4.52 Å². The third-order valence-corrected chi connectivity index (χ3v) is 3.35. The molecule has 2 N–H and O–H groups in total. The average Bonchev–Trinajstić information content (AvgIpc) is 2.86. The van der Waals surface area contributed by atoms with Crippen molar-refractivity contribution in [1.82, 2.24) is 15.0 Å². The summed E-state index contributed by atoms with van der Waals surface area (Å²) < 4.78 is 5.24. The number of likely N-dealkylation sites (tertiary alicyclic amines) is 1. The molecule has 0 bridgehead atoms. The van der Waals surface area contributed by atoms with E-state index in [1.807, 2.05) is 13.8 Å². The molecule has 1 aliphatic rings. The van der Waals surface area contributed by atoms with E-state index < -0.39 is 5.54 Å². The highest BCUT2D eigenvalue weighted by Crippen LogP contribution is 2.21. The van der Waals surface area contributed by atoms with E-state index in [1.165, 1.54) is 12.8 Å². The Morgan fingerprint density at radius 3 is 2.82 bits per heavy atom. The van der Waals surface area contributed by atoms with Crippen molar-refractivity contribution in [2.45, 2.75) is 45.7 Å². The molecule has 96 valence electrons. The van der Waals surface area contributed by atoms with Crippen LogP contribution in [-0.4, -0.2) is 28.1 Å². The van der Waals surface area contributed by atoms with Gasteiger partial charge in [-0.3, -0.25) is 4.90 Å². The van der Waals surface area contributed by atoms with E-state index in [-0.39, 0.29) is 0 Å². The number of rotatable bonds is 4. The summed E-state index contributed by atoms with van der Waals surface area (Å²) >= 11 is 0. The second-order valence-electron chi connectivity index (χ2n) is 5.53. The number of hydrogen-bond acceptors (Lipinski definition) is 5. The molecular weight excluding hydrogens is 216 g/mol. The quantitative estimate of drug-likeness (QED) is 0.860. The summed E-state index contributed by atoms with van der Waals surface area (Å²) in [5.74, 6) is 2.08. The minimum Gasteiger partial charge on any atom is -0.338 e. The third-order valence-electron chi connectivity index (χ3n) is 3.35. The molecule has 0 aromatic carbocycles. The standard InChI is InChI=1S/C12H22N4O/c1-4-9-5-6-16(7-9)8-10-14-11(15-17-10)12(2,3)13/h9H,4-8,13H2,1-3H3. The maximum atomic E-state index is 5.92. The van der Waals surface area contributed by atoms with Gasteiger partial charge in [-0.2, -0.15) is 4.98 Å². The van der Waals surface area contributed by atoms with Gasteiger partial charge in [0.2, 0.25) is 5.89 Å². The molecule has 1 fully saturated rings. The molecule has 0 radical (unpaired) electrons. The number of nitrogens with zero attached hydrogens (tertiary/aromatic N) is 3. The van der Waals surface area contributed by atoms with Crippen molar-refractivity contribution in [2.75, 3.05) is 13.1 Å². The summed E-state index contributed by atoms with van der Waals surface area (Å²) in [5.41, 5.74) is 5.39. The van der Waals surface area contributed by atoms with Crippen LogP contribution in [0.5, 0.6) is 0 Å². The molecule has 2 heterocycles.